The van der Waals surface area contributed by atoms with Gasteiger partial charge >= 0.3 is 0 Å². The maximum Gasteiger partial charge on any atom is 0.280 e. The highest BCUT2D eigenvalue weighted by atomic mass is 19.3. The quantitative estimate of drug-likeness (QED) is 0.687. The van der Waals surface area contributed by atoms with Crippen LogP contribution in [0, 0.1) is 0 Å². The third-order valence-electron chi connectivity index (χ3n) is 4.44. The summed E-state index contributed by atoms with van der Waals surface area (Å²) in [6.45, 7) is 2.14. The van der Waals surface area contributed by atoms with E-state index in [9.17, 15) is 18.0 Å². The molecule has 3 aromatic rings. The number of ether oxygens (including phenoxy) is 1. The van der Waals surface area contributed by atoms with Gasteiger partial charge in [-0.15, -0.1) is 0 Å². The Balaban J connectivity index is 1.65. The molecule has 0 bridgehead atoms. The van der Waals surface area contributed by atoms with Gasteiger partial charge in [0.25, 0.3) is 12.3 Å². The second-order valence-corrected chi connectivity index (χ2v) is 6.48. The van der Waals surface area contributed by atoms with Gasteiger partial charge in [-0.25, -0.2) is 23.1 Å². The highest BCUT2D eigenvalue weighted by molar-refractivity contribution is 6.03. The van der Waals surface area contributed by atoms with Crippen LogP contribution in [0.15, 0.2) is 36.7 Å². The molecule has 0 aromatic carbocycles. The predicted molar refractivity (Wildman–Crippen MR) is 95.8 cm³/mol. The van der Waals surface area contributed by atoms with Crippen LogP contribution in [0.1, 0.15) is 47.6 Å². The monoisotopic (exact) mass is 390 g/mol. The van der Waals surface area contributed by atoms with E-state index in [1.54, 1.807) is 29.8 Å². The van der Waals surface area contributed by atoms with Gasteiger partial charge in [0.15, 0.2) is 0 Å². The summed E-state index contributed by atoms with van der Waals surface area (Å²) < 4.78 is 46.2. The lowest BCUT2D eigenvalue weighted by atomic mass is 10.2. The molecule has 9 heteroatoms. The van der Waals surface area contributed by atoms with Gasteiger partial charge in [-0.1, -0.05) is 6.07 Å². The van der Waals surface area contributed by atoms with Crippen molar-refractivity contribution in [2.24, 2.45) is 0 Å². The third kappa shape index (κ3) is 3.51. The van der Waals surface area contributed by atoms with Crippen LogP contribution in [-0.2, 0) is 0 Å². The SMILES string of the molecule is CCOc1cc2nc(C3CC3F)cn2cc1NC(=O)c1cccc(C(F)F)n1. The van der Waals surface area contributed by atoms with E-state index in [-0.39, 0.29) is 11.6 Å². The number of pyridine rings is 2. The molecule has 6 nitrogen and oxygen atoms in total. The Morgan fingerprint density at radius 2 is 2.14 bits per heavy atom. The molecule has 3 heterocycles. The molecule has 146 valence electrons. The van der Waals surface area contributed by atoms with Crippen molar-refractivity contribution in [2.75, 3.05) is 11.9 Å². The molecule has 2 atom stereocenters. The molecule has 0 aliphatic heterocycles. The number of hydrogen-bond donors (Lipinski definition) is 1. The fraction of sp³-hybridized carbons (Fsp3) is 0.316. The van der Waals surface area contributed by atoms with Crippen molar-refractivity contribution >= 4 is 17.2 Å². The van der Waals surface area contributed by atoms with E-state index >= 15 is 0 Å². The molecule has 1 aliphatic carbocycles. The Kier molecular flexibility index (Phi) is 4.66. The van der Waals surface area contributed by atoms with Crippen molar-refractivity contribution in [1.82, 2.24) is 14.4 Å². The third-order valence-corrected chi connectivity index (χ3v) is 4.44. The number of anilines is 1. The van der Waals surface area contributed by atoms with Crippen molar-refractivity contribution in [3.8, 4) is 5.75 Å². The highest BCUT2D eigenvalue weighted by Crippen LogP contribution is 2.43. The normalized spacial score (nSPS) is 18.5. The van der Waals surface area contributed by atoms with Gasteiger partial charge in [0.1, 0.15) is 34.6 Å². The summed E-state index contributed by atoms with van der Waals surface area (Å²) in [6, 6.07) is 5.49. The van der Waals surface area contributed by atoms with Crippen LogP contribution in [0.3, 0.4) is 0 Å². The average Bonchev–Trinajstić information content (AvgIpc) is 3.26. The summed E-state index contributed by atoms with van der Waals surface area (Å²) in [6.07, 6.45) is 0.123. The number of aromatic nitrogens is 3. The predicted octanol–water partition coefficient (Wildman–Crippen LogP) is 4.14. The Hall–Kier alpha value is -3.10. The van der Waals surface area contributed by atoms with Gasteiger partial charge < -0.3 is 14.5 Å². The Morgan fingerprint density at radius 3 is 2.82 bits per heavy atom. The first kappa shape index (κ1) is 18.3. The number of nitrogens with zero attached hydrogens (tertiary/aromatic N) is 3. The number of carbonyl (C=O) groups excluding carboxylic acids is 1. The molecule has 0 saturated heterocycles. The average molecular weight is 390 g/mol. The molecular weight excluding hydrogens is 373 g/mol. The second-order valence-electron chi connectivity index (χ2n) is 6.48. The number of amides is 1. The maximum absolute atomic E-state index is 13.3. The van der Waals surface area contributed by atoms with Gasteiger partial charge in [-0.3, -0.25) is 4.79 Å². The lowest BCUT2D eigenvalue weighted by molar-refractivity contribution is 0.101. The van der Waals surface area contributed by atoms with Crippen LogP contribution in [0.25, 0.3) is 5.65 Å². The fourth-order valence-corrected chi connectivity index (χ4v) is 2.94. The van der Waals surface area contributed by atoms with Gasteiger partial charge in [0.05, 0.1) is 12.3 Å². The molecule has 1 N–H and O–H groups in total. The number of rotatable bonds is 6. The zero-order valence-corrected chi connectivity index (χ0v) is 14.9. The fourth-order valence-electron chi connectivity index (χ4n) is 2.94. The molecular formula is C19H17F3N4O2. The molecule has 1 saturated carbocycles. The molecule has 3 aromatic heterocycles. The summed E-state index contributed by atoms with van der Waals surface area (Å²) in [5.41, 5.74) is 0.931. The standard InChI is InChI=1S/C19H17F3N4O2/c1-2-28-16-7-17-24-14(10-6-11(10)20)8-26(17)9-15(16)25-19(27)13-5-3-4-12(23-13)18(21)22/h3-5,7-11,18H,2,6H2,1H3,(H,25,27). The molecule has 4 rings (SSSR count). The summed E-state index contributed by atoms with van der Waals surface area (Å²) in [7, 11) is 0. The molecule has 28 heavy (non-hydrogen) atoms. The number of fused-ring (bicyclic) bond motifs is 1. The molecule has 0 spiro atoms. The van der Waals surface area contributed by atoms with E-state index in [0.29, 0.717) is 35.8 Å². The lowest BCUT2D eigenvalue weighted by Crippen LogP contribution is -2.16. The molecule has 1 amide bonds. The van der Waals surface area contributed by atoms with E-state index < -0.39 is 24.2 Å². The maximum atomic E-state index is 13.3. The lowest BCUT2D eigenvalue weighted by Gasteiger charge is -2.12. The Bertz CT molecular complexity index is 1040. The van der Waals surface area contributed by atoms with E-state index in [4.69, 9.17) is 4.74 Å². The zero-order chi connectivity index (χ0) is 19.8. The van der Waals surface area contributed by atoms with Gasteiger partial charge in [-0.2, -0.15) is 0 Å². The van der Waals surface area contributed by atoms with Crippen LogP contribution in [-0.4, -0.2) is 33.1 Å². The van der Waals surface area contributed by atoms with Crippen molar-refractivity contribution < 1.29 is 22.7 Å². The number of carbonyl (C=O) groups is 1. The molecule has 1 fully saturated rings. The van der Waals surface area contributed by atoms with E-state index in [2.05, 4.69) is 15.3 Å². The zero-order valence-electron chi connectivity index (χ0n) is 14.9. The second kappa shape index (κ2) is 7.14. The minimum Gasteiger partial charge on any atom is -0.491 e. The van der Waals surface area contributed by atoms with Gasteiger partial charge in [0, 0.05) is 24.4 Å². The first-order valence-electron chi connectivity index (χ1n) is 8.82. The molecule has 0 radical (unpaired) electrons. The van der Waals surface area contributed by atoms with Crippen LogP contribution >= 0.6 is 0 Å². The smallest absolute Gasteiger partial charge is 0.280 e. The number of hydrogen-bond acceptors (Lipinski definition) is 4. The Labute approximate surface area is 158 Å². The van der Waals surface area contributed by atoms with Gasteiger partial charge in [0.2, 0.25) is 0 Å². The number of nitrogens with one attached hydrogen (secondary N) is 1. The first-order chi connectivity index (χ1) is 13.5. The summed E-state index contributed by atoms with van der Waals surface area (Å²) in [5.74, 6) is -0.470. The van der Waals surface area contributed by atoms with E-state index in [1.165, 1.54) is 12.1 Å². The van der Waals surface area contributed by atoms with Crippen LogP contribution in [0.5, 0.6) is 5.75 Å². The summed E-state index contributed by atoms with van der Waals surface area (Å²) in [5, 5.41) is 2.64. The summed E-state index contributed by atoms with van der Waals surface area (Å²) >= 11 is 0. The first-order valence-corrected chi connectivity index (χ1v) is 8.82. The minimum absolute atomic E-state index is 0.134. The van der Waals surface area contributed by atoms with Crippen molar-refractivity contribution in [3.05, 3.63) is 53.7 Å². The van der Waals surface area contributed by atoms with Crippen molar-refractivity contribution in [3.63, 3.8) is 0 Å². The van der Waals surface area contributed by atoms with E-state index in [0.717, 1.165) is 6.07 Å². The van der Waals surface area contributed by atoms with Gasteiger partial charge in [-0.05, 0) is 25.5 Å². The Morgan fingerprint density at radius 1 is 1.36 bits per heavy atom. The van der Waals surface area contributed by atoms with E-state index in [1.807, 2.05) is 0 Å². The molecule has 2 unspecified atom stereocenters. The topological polar surface area (TPSA) is 68.5 Å². The van der Waals surface area contributed by atoms with Crippen LogP contribution in [0.4, 0.5) is 18.9 Å². The number of halogens is 3. The number of imidazole rings is 1. The van der Waals surface area contributed by atoms with Crippen LogP contribution < -0.4 is 10.1 Å². The minimum atomic E-state index is -2.77. The number of alkyl halides is 3. The summed E-state index contributed by atoms with van der Waals surface area (Å²) in [4.78, 5) is 20.6. The van der Waals surface area contributed by atoms with Crippen molar-refractivity contribution in [2.45, 2.75) is 31.9 Å². The van der Waals surface area contributed by atoms with Crippen LogP contribution in [0.2, 0.25) is 0 Å². The highest BCUT2D eigenvalue weighted by Gasteiger charge is 2.40. The van der Waals surface area contributed by atoms with Crippen molar-refractivity contribution in [1.29, 1.82) is 0 Å². The molecule has 1 aliphatic rings. The largest absolute Gasteiger partial charge is 0.491 e.